The number of carbonyl (C=O) groups is 7. The van der Waals surface area contributed by atoms with E-state index in [9.17, 15) is 115 Å². The summed E-state index contributed by atoms with van der Waals surface area (Å²) in [7, 11) is 0. The summed E-state index contributed by atoms with van der Waals surface area (Å²) < 4.78 is 70.6. The van der Waals surface area contributed by atoms with E-state index in [1.807, 2.05) is 0 Å². The minimum absolute atomic E-state index is 0.753. The van der Waals surface area contributed by atoms with Crippen molar-refractivity contribution in [2.75, 3.05) is 46.2 Å². The van der Waals surface area contributed by atoms with Crippen LogP contribution in [0.25, 0.3) is 0 Å². The molecule has 26 N–H and O–H groups in total. The maximum absolute atomic E-state index is 14.4. The molecule has 6 aliphatic heterocycles. The molecule has 6 heterocycles. The largest absolute Gasteiger partial charge is 0.394 e. The molecule has 6 fully saturated rings. The molecular formula is C54H92N8O35. The number of hydrogen-bond donors (Lipinski definition) is 24. The van der Waals surface area contributed by atoms with Crippen LogP contribution in [-0.2, 0) is 90.4 Å². The van der Waals surface area contributed by atoms with Crippen LogP contribution >= 0.6 is 0 Å². The molecule has 7 amide bonds. The molecule has 0 spiro atoms. The van der Waals surface area contributed by atoms with E-state index in [0.717, 1.165) is 41.5 Å². The second kappa shape index (κ2) is 36.1. The monoisotopic (exact) mass is 1410 g/mol. The highest BCUT2D eigenvalue weighted by Crippen LogP contribution is 2.35. The van der Waals surface area contributed by atoms with E-state index in [-0.39, 0.29) is 0 Å². The van der Waals surface area contributed by atoms with Crippen molar-refractivity contribution in [1.82, 2.24) is 31.9 Å². The van der Waals surface area contributed by atoms with Crippen LogP contribution in [0.2, 0.25) is 0 Å². The summed E-state index contributed by atoms with van der Waals surface area (Å²) >= 11 is 0. The number of amides is 7. The van der Waals surface area contributed by atoms with E-state index in [2.05, 4.69) is 31.9 Å². The zero-order chi connectivity index (χ0) is 72.3. The predicted octanol–water partition coefficient (Wildman–Crippen LogP) is -16.3. The third kappa shape index (κ3) is 20.0. The minimum Gasteiger partial charge on any atom is -0.394 e. The minimum atomic E-state index is -2.16. The van der Waals surface area contributed by atoms with Crippen molar-refractivity contribution in [2.45, 2.75) is 250 Å². The molecule has 0 unspecified atom stereocenters. The van der Waals surface area contributed by atoms with Gasteiger partial charge in [-0.25, -0.2) is 0 Å². The molecule has 6 rings (SSSR count). The van der Waals surface area contributed by atoms with Crippen molar-refractivity contribution < 1.29 is 172 Å². The molecule has 0 aromatic carbocycles. The van der Waals surface area contributed by atoms with Crippen molar-refractivity contribution >= 4 is 41.4 Å². The Hall–Kier alpha value is -4.87. The van der Waals surface area contributed by atoms with Gasteiger partial charge in [0, 0.05) is 27.7 Å². The van der Waals surface area contributed by atoms with E-state index in [0.29, 0.717) is 0 Å². The second-order valence-electron chi connectivity index (χ2n) is 24.0. The van der Waals surface area contributed by atoms with Gasteiger partial charge in [0.1, 0.15) is 164 Å². The Morgan fingerprint density at radius 1 is 0.402 bits per heavy atom. The van der Waals surface area contributed by atoms with Crippen LogP contribution in [0.1, 0.15) is 41.5 Å². The highest BCUT2D eigenvalue weighted by molar-refractivity contribution is 5.93. The van der Waals surface area contributed by atoms with Crippen molar-refractivity contribution in [2.24, 2.45) is 11.5 Å². The van der Waals surface area contributed by atoms with Gasteiger partial charge in [-0.3, -0.25) is 33.6 Å². The number of aliphatic hydroxyl groups is 16. The van der Waals surface area contributed by atoms with Gasteiger partial charge in [-0.2, -0.15) is 0 Å². The summed E-state index contributed by atoms with van der Waals surface area (Å²) in [6, 6.07) is -12.3. The summed E-state index contributed by atoms with van der Waals surface area (Å²) in [5.74, 6) is -6.98. The van der Waals surface area contributed by atoms with Crippen molar-refractivity contribution in [3.8, 4) is 0 Å². The fourth-order valence-electron chi connectivity index (χ4n) is 11.3. The molecule has 34 atom stereocenters. The summed E-state index contributed by atoms with van der Waals surface area (Å²) in [5, 5.41) is 186. The number of nitrogens with two attached hydrogens (primary N) is 2. The van der Waals surface area contributed by atoms with E-state index in [1.54, 1.807) is 0 Å². The molecule has 0 radical (unpaired) electrons. The summed E-state index contributed by atoms with van der Waals surface area (Å²) in [5.41, 5.74) is 11.9. The Labute approximate surface area is 551 Å². The first-order valence-electron chi connectivity index (χ1n) is 30.7. The van der Waals surface area contributed by atoms with Gasteiger partial charge in [0.2, 0.25) is 41.4 Å². The zero-order valence-corrected chi connectivity index (χ0v) is 53.1. The number of nitrogens with one attached hydrogen (secondary N) is 6. The molecule has 97 heavy (non-hydrogen) atoms. The van der Waals surface area contributed by atoms with Gasteiger partial charge in [0.15, 0.2) is 37.7 Å². The van der Waals surface area contributed by atoms with E-state index < -0.39 is 296 Å². The molecule has 6 aliphatic rings. The standard InChI is InChI=1S/C54H92N8O35/c1-14(46(56)83)57-48(85)27(15(2)89-52-31(61-19(6)70)45(97-54-43(82)41(80)35(74)24(10-66)93-54)37(76)26(95-52)13-88-50-29(59-17(4)68)39(78)33(72)22(8-64)91-50)62-47(84)20(55)11-86-51-30(60-18(5)69)44(96-53-42(81)40(79)34(73)23(9-65)92-53)36(75)25(94-51)12-87-49-28(58-16(3)67)38(77)32(71)21(7-63)90-49/h14-15,20-45,49-54,63-66,71-82H,7-13,55H2,1-6H3,(H2,56,83)(H,57,85)(H,58,67)(H,59,68)(H,60,69)(H,61,70)(H,62,84)/t14-,15+,20-,21+,22+,23+,24+,25+,26+,27-,28+,29+,30+,31+,32+,33+,34-,35-,36-,37-,38+,39+,40-,41-,42+,43+,44+,45+,49+,50+,51-,52-,53-,54-/m0/s1. The predicted molar refractivity (Wildman–Crippen MR) is 308 cm³/mol. The Balaban J connectivity index is 1.32. The molecular weight excluding hydrogens is 1320 g/mol. The normalized spacial score (nSPS) is 41.4. The third-order valence-electron chi connectivity index (χ3n) is 16.7. The zero-order valence-electron chi connectivity index (χ0n) is 53.1. The van der Waals surface area contributed by atoms with Gasteiger partial charge in [0.05, 0.1) is 52.4 Å². The molecule has 43 heteroatoms. The molecule has 0 bridgehead atoms. The van der Waals surface area contributed by atoms with Crippen LogP contribution in [0, 0.1) is 0 Å². The van der Waals surface area contributed by atoms with Crippen LogP contribution in [0.5, 0.6) is 0 Å². The number of aliphatic hydroxyl groups excluding tert-OH is 16. The van der Waals surface area contributed by atoms with Gasteiger partial charge < -0.3 is 182 Å². The van der Waals surface area contributed by atoms with Crippen LogP contribution in [0.3, 0.4) is 0 Å². The maximum Gasteiger partial charge on any atom is 0.245 e. The van der Waals surface area contributed by atoms with Crippen molar-refractivity contribution in [3.05, 3.63) is 0 Å². The number of primary amides is 1. The lowest BCUT2D eigenvalue weighted by Crippen LogP contribution is -2.69. The first-order valence-corrected chi connectivity index (χ1v) is 30.7. The van der Waals surface area contributed by atoms with Gasteiger partial charge in [-0.1, -0.05) is 0 Å². The number of ether oxygens (including phenoxy) is 12. The quantitative estimate of drug-likeness (QED) is 0.0331. The molecule has 0 aliphatic carbocycles. The van der Waals surface area contributed by atoms with Crippen LogP contribution < -0.4 is 43.4 Å². The van der Waals surface area contributed by atoms with E-state index in [1.165, 1.54) is 0 Å². The van der Waals surface area contributed by atoms with Crippen LogP contribution in [0.4, 0.5) is 0 Å². The Morgan fingerprint density at radius 3 is 1.10 bits per heavy atom. The lowest BCUT2D eigenvalue weighted by Gasteiger charge is -2.48. The van der Waals surface area contributed by atoms with Gasteiger partial charge in [0.25, 0.3) is 0 Å². The molecule has 0 aromatic heterocycles. The number of rotatable bonds is 29. The van der Waals surface area contributed by atoms with Crippen LogP contribution in [-0.4, -0.2) is 378 Å². The molecule has 0 saturated carbocycles. The first kappa shape index (κ1) is 81.1. The Morgan fingerprint density at radius 2 is 0.732 bits per heavy atom. The van der Waals surface area contributed by atoms with Crippen molar-refractivity contribution in [1.29, 1.82) is 0 Å². The van der Waals surface area contributed by atoms with Crippen molar-refractivity contribution in [3.63, 3.8) is 0 Å². The van der Waals surface area contributed by atoms with Crippen LogP contribution in [0.15, 0.2) is 0 Å². The molecule has 0 aromatic rings. The van der Waals surface area contributed by atoms with E-state index in [4.69, 9.17) is 68.3 Å². The summed E-state index contributed by atoms with van der Waals surface area (Å²) in [6.45, 7) is -0.164. The highest BCUT2D eigenvalue weighted by Gasteiger charge is 2.56. The summed E-state index contributed by atoms with van der Waals surface area (Å²) in [4.78, 5) is 91.6. The third-order valence-corrected chi connectivity index (χ3v) is 16.7. The number of hydrogen-bond acceptors (Lipinski definition) is 36. The Kier molecular flexibility index (Phi) is 30.2. The second-order valence-corrected chi connectivity index (χ2v) is 24.0. The smallest absolute Gasteiger partial charge is 0.245 e. The lowest BCUT2D eigenvalue weighted by atomic mass is 9.94. The average molecular weight is 1410 g/mol. The topological polar surface area (TPSA) is 678 Å². The maximum atomic E-state index is 14.4. The van der Waals surface area contributed by atoms with Gasteiger partial charge in [-0.15, -0.1) is 0 Å². The highest BCUT2D eigenvalue weighted by atomic mass is 16.8. The van der Waals surface area contributed by atoms with Gasteiger partial charge in [-0.05, 0) is 13.8 Å². The first-order chi connectivity index (χ1) is 45.6. The SMILES string of the molecule is CC(=O)N[C@H]1[C@H](OC[C@H]2O[C@H](OC[C@H](N)C(=O)N[C@H](C(=O)N[C@@H](C)C(N)=O)[C@@H](C)O[C@H]3O[C@H](CO[C@@H]4O[C@H](CO)[C@@H](O)[C@H](O)[C@H]4NC(C)=O)[C@H](O)[C@H](O[C@@H]4O[C@H](CO)[C@H](O)[C@H](O)[C@H]4O)[C@H]3NC(C)=O)[C@H](NC(C)=O)[C@@H](O[C@@H]3O[C@H](CO)[C@H](O)[C@H](O)[C@H]3O)[C@H]2O)O[C@H](CO)[C@@H](O)[C@@H]1O. The fourth-order valence-corrected chi connectivity index (χ4v) is 11.3. The summed E-state index contributed by atoms with van der Waals surface area (Å²) in [6.07, 6.45) is -50.9. The Bertz CT molecular complexity index is 2600. The molecule has 558 valence electrons. The molecule has 6 saturated heterocycles. The average Bonchev–Trinajstić information content (AvgIpc) is 0.783. The molecule has 43 nitrogen and oxygen atoms in total. The lowest BCUT2D eigenvalue weighted by molar-refractivity contribution is -0.352. The fraction of sp³-hybridized carbons (Fsp3) is 0.870. The number of carbonyl (C=O) groups excluding carboxylic acids is 7. The van der Waals surface area contributed by atoms with E-state index >= 15 is 0 Å². The van der Waals surface area contributed by atoms with Gasteiger partial charge >= 0.3 is 0 Å².